The summed E-state index contributed by atoms with van der Waals surface area (Å²) in [5.41, 5.74) is 0. The molecule has 0 aromatic rings. The van der Waals surface area contributed by atoms with Crippen LogP contribution in [0.5, 0.6) is 0 Å². The summed E-state index contributed by atoms with van der Waals surface area (Å²) in [7, 11) is 0. The molecule has 2 aliphatic rings. The van der Waals surface area contributed by atoms with Gasteiger partial charge >= 0.3 is 0 Å². The molecule has 0 aliphatic heterocycles. The van der Waals surface area contributed by atoms with Gasteiger partial charge in [0.05, 0.1) is 0 Å². The molecule has 0 aromatic heterocycles. The van der Waals surface area contributed by atoms with Gasteiger partial charge in [-0.15, -0.1) is 13.2 Å². The molecule has 2 aliphatic carbocycles. The Morgan fingerprint density at radius 2 is 1.36 bits per heavy atom. The van der Waals surface area contributed by atoms with Gasteiger partial charge in [-0.3, -0.25) is 0 Å². The first-order chi connectivity index (χ1) is 5.47. The third-order valence-corrected chi connectivity index (χ3v) is 2.45. The summed E-state index contributed by atoms with van der Waals surface area (Å²) in [5, 5.41) is 0. The van der Waals surface area contributed by atoms with Crippen molar-refractivity contribution in [3.63, 3.8) is 0 Å². The Balaban J connectivity index is 0.000000281. The Morgan fingerprint density at radius 1 is 0.909 bits per heavy atom. The first-order valence-electron chi connectivity index (χ1n) is 4.32. The Hall–Kier alpha value is -0.780. The Bertz CT molecular complexity index is 147. The minimum atomic E-state index is 0.898. The van der Waals surface area contributed by atoms with Crippen LogP contribution in [0, 0.1) is 11.8 Å². The fraction of sp³-hybridized carbons (Fsp3) is 0.455. The van der Waals surface area contributed by atoms with Crippen LogP contribution in [0.4, 0.5) is 0 Å². The summed E-state index contributed by atoms with van der Waals surface area (Å²) in [5.74, 6) is 1.80. The lowest BCUT2D eigenvalue weighted by Gasteiger charge is -2.13. The molecule has 11 heavy (non-hydrogen) atoms. The third-order valence-electron chi connectivity index (χ3n) is 2.45. The first kappa shape index (κ1) is 8.32. The second-order valence-corrected chi connectivity index (χ2v) is 3.03. The molecule has 1 fully saturated rings. The average Bonchev–Trinajstić information content (AvgIpc) is 2.55. The molecule has 2 unspecified atom stereocenters. The monoisotopic (exact) mass is 148 g/mol. The van der Waals surface area contributed by atoms with Gasteiger partial charge in [0.1, 0.15) is 0 Å². The highest BCUT2D eigenvalue weighted by Crippen LogP contribution is 2.35. The summed E-state index contributed by atoms with van der Waals surface area (Å²) >= 11 is 0. The maximum absolute atomic E-state index is 3.00. The van der Waals surface area contributed by atoms with E-state index >= 15 is 0 Å². The molecule has 2 atom stereocenters. The predicted molar refractivity (Wildman–Crippen MR) is 50.4 cm³/mol. The smallest absolute Gasteiger partial charge is 0.0167 e. The lowest BCUT2D eigenvalue weighted by molar-refractivity contribution is 0.552. The molecule has 0 nitrogen and oxygen atoms in total. The van der Waals surface area contributed by atoms with Gasteiger partial charge in [-0.2, -0.15) is 0 Å². The Kier molecular flexibility index (Phi) is 3.15. The maximum atomic E-state index is 3.00. The van der Waals surface area contributed by atoms with Crippen LogP contribution in [0.15, 0.2) is 37.5 Å². The highest BCUT2D eigenvalue weighted by atomic mass is 14.3. The van der Waals surface area contributed by atoms with E-state index in [9.17, 15) is 0 Å². The van der Waals surface area contributed by atoms with Crippen LogP contribution in [-0.4, -0.2) is 0 Å². The summed E-state index contributed by atoms with van der Waals surface area (Å²) in [4.78, 5) is 0. The molecule has 1 saturated carbocycles. The van der Waals surface area contributed by atoms with Crippen LogP contribution in [-0.2, 0) is 0 Å². The van der Waals surface area contributed by atoms with Gasteiger partial charge in [0.2, 0.25) is 0 Å². The number of fused-ring (bicyclic) bond motifs is 1. The fourth-order valence-electron chi connectivity index (χ4n) is 1.91. The molecule has 0 heterocycles. The zero-order valence-electron chi connectivity index (χ0n) is 7.00. The van der Waals surface area contributed by atoms with Gasteiger partial charge in [-0.1, -0.05) is 30.7 Å². The van der Waals surface area contributed by atoms with E-state index in [1.165, 1.54) is 19.3 Å². The summed E-state index contributed by atoms with van der Waals surface area (Å²) in [6, 6.07) is 0. The standard InChI is InChI=1S/C9H12.C2H4/c1-2-5-9-7-3-6-8(9)4-1;1-2/h1-2,4-5,8-9H,3,6-7H2;1-2H2. The van der Waals surface area contributed by atoms with Crippen molar-refractivity contribution in [2.75, 3.05) is 0 Å². The van der Waals surface area contributed by atoms with E-state index in [1.807, 2.05) is 0 Å². The van der Waals surface area contributed by atoms with Crippen molar-refractivity contribution >= 4 is 0 Å². The first-order valence-corrected chi connectivity index (χ1v) is 4.32. The molecule has 2 rings (SSSR count). The van der Waals surface area contributed by atoms with Crippen LogP contribution in [0.1, 0.15) is 19.3 Å². The fourth-order valence-corrected chi connectivity index (χ4v) is 1.91. The van der Waals surface area contributed by atoms with E-state index in [2.05, 4.69) is 37.5 Å². The topological polar surface area (TPSA) is 0 Å². The van der Waals surface area contributed by atoms with Gasteiger partial charge in [0.25, 0.3) is 0 Å². The van der Waals surface area contributed by atoms with Gasteiger partial charge in [-0.05, 0) is 24.7 Å². The van der Waals surface area contributed by atoms with Crippen molar-refractivity contribution in [1.82, 2.24) is 0 Å². The number of hydrogen-bond donors (Lipinski definition) is 0. The van der Waals surface area contributed by atoms with E-state index in [-0.39, 0.29) is 0 Å². The molecule has 0 bridgehead atoms. The molecule has 0 heteroatoms. The van der Waals surface area contributed by atoms with Gasteiger partial charge < -0.3 is 0 Å². The van der Waals surface area contributed by atoms with Crippen LogP contribution in [0.3, 0.4) is 0 Å². The summed E-state index contributed by atoms with van der Waals surface area (Å²) in [6.07, 6.45) is 13.4. The Morgan fingerprint density at radius 3 is 1.82 bits per heavy atom. The van der Waals surface area contributed by atoms with Crippen LogP contribution in [0.2, 0.25) is 0 Å². The minimum absolute atomic E-state index is 0.898. The van der Waals surface area contributed by atoms with E-state index in [0.717, 1.165) is 11.8 Å². The lowest BCUT2D eigenvalue weighted by atomic mass is 9.92. The Labute approximate surface area is 69.3 Å². The molecule has 60 valence electrons. The highest BCUT2D eigenvalue weighted by Gasteiger charge is 2.23. The number of hydrogen-bond acceptors (Lipinski definition) is 0. The minimum Gasteiger partial charge on any atom is -0.106 e. The predicted octanol–water partition coefficient (Wildman–Crippen LogP) is 3.33. The van der Waals surface area contributed by atoms with E-state index in [4.69, 9.17) is 0 Å². The van der Waals surface area contributed by atoms with E-state index in [1.54, 1.807) is 0 Å². The quantitative estimate of drug-likeness (QED) is 0.462. The molecule has 0 spiro atoms. The van der Waals surface area contributed by atoms with Crippen molar-refractivity contribution in [2.45, 2.75) is 19.3 Å². The largest absolute Gasteiger partial charge is 0.106 e. The zero-order chi connectivity index (χ0) is 8.10. The lowest BCUT2D eigenvalue weighted by Crippen LogP contribution is -2.03. The van der Waals surface area contributed by atoms with Crippen molar-refractivity contribution in [1.29, 1.82) is 0 Å². The molecule has 0 radical (unpaired) electrons. The average molecular weight is 148 g/mol. The van der Waals surface area contributed by atoms with E-state index in [0.29, 0.717) is 0 Å². The van der Waals surface area contributed by atoms with E-state index < -0.39 is 0 Å². The maximum Gasteiger partial charge on any atom is -0.0167 e. The normalized spacial score (nSPS) is 32.4. The summed E-state index contributed by atoms with van der Waals surface area (Å²) in [6.45, 7) is 6.00. The summed E-state index contributed by atoms with van der Waals surface area (Å²) < 4.78 is 0. The van der Waals surface area contributed by atoms with Gasteiger partial charge in [0, 0.05) is 0 Å². The number of rotatable bonds is 0. The van der Waals surface area contributed by atoms with Gasteiger partial charge in [-0.25, -0.2) is 0 Å². The van der Waals surface area contributed by atoms with Crippen molar-refractivity contribution in [3.05, 3.63) is 37.5 Å². The molecule has 0 saturated heterocycles. The van der Waals surface area contributed by atoms with Crippen LogP contribution >= 0.6 is 0 Å². The van der Waals surface area contributed by atoms with Crippen molar-refractivity contribution in [3.8, 4) is 0 Å². The second kappa shape index (κ2) is 4.17. The SMILES string of the molecule is C1=CC2CCCC2C=C1.C=C. The van der Waals surface area contributed by atoms with Gasteiger partial charge in [0.15, 0.2) is 0 Å². The van der Waals surface area contributed by atoms with Crippen molar-refractivity contribution in [2.24, 2.45) is 11.8 Å². The zero-order valence-corrected chi connectivity index (χ0v) is 7.00. The van der Waals surface area contributed by atoms with Crippen molar-refractivity contribution < 1.29 is 0 Å². The second-order valence-electron chi connectivity index (χ2n) is 3.03. The number of allylic oxidation sites excluding steroid dienone is 4. The molecular formula is C11H16. The van der Waals surface area contributed by atoms with Crippen LogP contribution < -0.4 is 0 Å². The van der Waals surface area contributed by atoms with Crippen LogP contribution in [0.25, 0.3) is 0 Å². The molecule has 0 aromatic carbocycles. The third kappa shape index (κ3) is 1.83. The highest BCUT2D eigenvalue weighted by molar-refractivity contribution is 5.15. The molecule has 0 amide bonds. The molecule has 0 N–H and O–H groups in total. The molecular weight excluding hydrogens is 132 g/mol.